The predicted octanol–water partition coefficient (Wildman–Crippen LogP) is 1.85. The summed E-state index contributed by atoms with van der Waals surface area (Å²) in [6, 6.07) is 0.0389. The maximum absolute atomic E-state index is 11.8. The summed E-state index contributed by atoms with van der Waals surface area (Å²) in [7, 11) is 1.66. The molecule has 4 heteroatoms. The summed E-state index contributed by atoms with van der Waals surface area (Å²) in [5, 5.41) is 2.92. The number of piperidine rings is 1. The Morgan fingerprint density at radius 1 is 1.44 bits per heavy atom. The number of carbonyl (C=O) groups excluding carboxylic acids is 1. The van der Waals surface area contributed by atoms with Gasteiger partial charge in [-0.1, -0.05) is 6.92 Å². The molecule has 1 heterocycles. The molecule has 1 fully saturated rings. The quantitative estimate of drug-likeness (QED) is 0.801. The molecule has 1 aliphatic rings. The lowest BCUT2D eigenvalue weighted by Crippen LogP contribution is -2.48. The number of likely N-dealkylation sites (tertiary alicyclic amines) is 1. The third kappa shape index (κ3) is 4.00. The normalized spacial score (nSPS) is 18.6. The molecule has 0 aliphatic carbocycles. The van der Waals surface area contributed by atoms with E-state index in [0.717, 1.165) is 31.8 Å². The zero-order valence-corrected chi connectivity index (χ0v) is 10.9. The highest BCUT2D eigenvalue weighted by molar-refractivity contribution is 5.74. The molecule has 0 aromatic heterocycles. The van der Waals surface area contributed by atoms with Crippen LogP contribution in [0.3, 0.4) is 0 Å². The van der Waals surface area contributed by atoms with Gasteiger partial charge in [0.1, 0.15) is 0 Å². The summed E-state index contributed by atoms with van der Waals surface area (Å²) in [5.41, 5.74) is -0.293. The second-order valence-electron chi connectivity index (χ2n) is 5.29. The van der Waals surface area contributed by atoms with E-state index < -0.39 is 0 Å². The highest BCUT2D eigenvalue weighted by Crippen LogP contribution is 2.16. The van der Waals surface area contributed by atoms with Crippen LogP contribution in [0.15, 0.2) is 0 Å². The zero-order chi connectivity index (χ0) is 12.2. The average Bonchev–Trinajstić information content (AvgIpc) is 2.27. The van der Waals surface area contributed by atoms with Gasteiger partial charge in [-0.15, -0.1) is 0 Å². The molecule has 94 valence electrons. The largest absolute Gasteiger partial charge is 0.377 e. The van der Waals surface area contributed by atoms with Crippen LogP contribution in [-0.2, 0) is 4.74 Å². The van der Waals surface area contributed by atoms with Gasteiger partial charge in [0.05, 0.1) is 5.60 Å². The fourth-order valence-corrected chi connectivity index (χ4v) is 1.68. The van der Waals surface area contributed by atoms with Crippen LogP contribution in [0.5, 0.6) is 0 Å². The van der Waals surface area contributed by atoms with Crippen molar-refractivity contribution in [3.8, 4) is 0 Å². The molecule has 4 nitrogen and oxygen atoms in total. The van der Waals surface area contributed by atoms with Gasteiger partial charge in [-0.3, -0.25) is 0 Å². The second-order valence-corrected chi connectivity index (χ2v) is 5.29. The van der Waals surface area contributed by atoms with Crippen LogP contribution in [-0.4, -0.2) is 43.3 Å². The van der Waals surface area contributed by atoms with Crippen molar-refractivity contribution in [2.45, 2.75) is 39.2 Å². The van der Waals surface area contributed by atoms with E-state index in [2.05, 4.69) is 12.2 Å². The van der Waals surface area contributed by atoms with Crippen LogP contribution in [0.4, 0.5) is 4.79 Å². The Balaban J connectivity index is 2.30. The van der Waals surface area contributed by atoms with Crippen LogP contribution < -0.4 is 5.32 Å². The standard InChI is InChI=1S/C12H24N2O2/c1-10-5-7-14(8-6-10)11(15)13-9-12(2,3)16-4/h10H,5-9H2,1-4H3,(H,13,15). The molecular weight excluding hydrogens is 204 g/mol. The lowest BCUT2D eigenvalue weighted by Gasteiger charge is -2.32. The molecule has 0 unspecified atom stereocenters. The van der Waals surface area contributed by atoms with Gasteiger partial charge in [-0.25, -0.2) is 4.79 Å². The molecule has 0 saturated carbocycles. The SMILES string of the molecule is COC(C)(C)CNC(=O)N1CCC(C)CC1. The second kappa shape index (κ2) is 5.53. The summed E-state index contributed by atoms with van der Waals surface area (Å²) < 4.78 is 5.26. The van der Waals surface area contributed by atoms with Gasteiger partial charge in [0, 0.05) is 26.7 Å². The number of urea groups is 1. The van der Waals surface area contributed by atoms with E-state index in [1.807, 2.05) is 18.7 Å². The third-order valence-corrected chi connectivity index (χ3v) is 3.29. The molecule has 0 atom stereocenters. The topological polar surface area (TPSA) is 41.6 Å². The first-order chi connectivity index (χ1) is 7.44. The van der Waals surface area contributed by atoms with Crippen molar-refractivity contribution in [1.82, 2.24) is 10.2 Å². The van der Waals surface area contributed by atoms with E-state index in [0.29, 0.717) is 6.54 Å². The van der Waals surface area contributed by atoms with E-state index in [1.165, 1.54) is 0 Å². The smallest absolute Gasteiger partial charge is 0.317 e. The Labute approximate surface area is 98.3 Å². The average molecular weight is 228 g/mol. The van der Waals surface area contributed by atoms with Crippen LogP contribution in [0.2, 0.25) is 0 Å². The van der Waals surface area contributed by atoms with Gasteiger partial charge < -0.3 is 15.0 Å². The molecule has 1 saturated heterocycles. The Bertz CT molecular complexity index is 233. The molecule has 0 radical (unpaired) electrons. The van der Waals surface area contributed by atoms with E-state index in [1.54, 1.807) is 7.11 Å². The van der Waals surface area contributed by atoms with Crippen molar-refractivity contribution in [3.05, 3.63) is 0 Å². The molecule has 1 N–H and O–H groups in total. The van der Waals surface area contributed by atoms with Crippen molar-refractivity contribution in [1.29, 1.82) is 0 Å². The molecule has 0 aromatic carbocycles. The lowest BCUT2D eigenvalue weighted by molar-refractivity contribution is 0.0240. The Hall–Kier alpha value is -0.770. The minimum atomic E-state index is -0.293. The summed E-state index contributed by atoms with van der Waals surface area (Å²) in [6.45, 7) is 8.47. The Morgan fingerprint density at radius 3 is 2.50 bits per heavy atom. The van der Waals surface area contributed by atoms with Crippen LogP contribution in [0, 0.1) is 5.92 Å². The predicted molar refractivity (Wildman–Crippen MR) is 64.5 cm³/mol. The summed E-state index contributed by atoms with van der Waals surface area (Å²) in [5.74, 6) is 0.750. The number of nitrogens with zero attached hydrogens (tertiary/aromatic N) is 1. The highest BCUT2D eigenvalue weighted by atomic mass is 16.5. The van der Waals surface area contributed by atoms with Crippen molar-refractivity contribution in [2.24, 2.45) is 5.92 Å². The lowest BCUT2D eigenvalue weighted by atomic mass is 10.00. The maximum Gasteiger partial charge on any atom is 0.317 e. The van der Waals surface area contributed by atoms with Crippen LogP contribution in [0.1, 0.15) is 33.6 Å². The number of nitrogens with one attached hydrogen (secondary N) is 1. The van der Waals surface area contributed by atoms with Gasteiger partial charge in [-0.05, 0) is 32.6 Å². The summed E-state index contributed by atoms with van der Waals surface area (Å²) >= 11 is 0. The number of hydrogen-bond donors (Lipinski definition) is 1. The number of hydrogen-bond acceptors (Lipinski definition) is 2. The van der Waals surface area contributed by atoms with Crippen LogP contribution >= 0.6 is 0 Å². The fourth-order valence-electron chi connectivity index (χ4n) is 1.68. The maximum atomic E-state index is 11.8. The zero-order valence-electron chi connectivity index (χ0n) is 10.9. The third-order valence-electron chi connectivity index (χ3n) is 3.29. The fraction of sp³-hybridized carbons (Fsp3) is 0.917. The Kier molecular flexibility index (Phi) is 4.59. The van der Waals surface area contributed by atoms with E-state index in [4.69, 9.17) is 4.74 Å². The first-order valence-electron chi connectivity index (χ1n) is 6.02. The molecule has 1 aliphatic heterocycles. The number of ether oxygens (including phenoxy) is 1. The molecular formula is C12H24N2O2. The van der Waals surface area contributed by atoms with Crippen molar-refractivity contribution in [2.75, 3.05) is 26.7 Å². The molecule has 0 bridgehead atoms. The van der Waals surface area contributed by atoms with E-state index in [-0.39, 0.29) is 11.6 Å². The van der Waals surface area contributed by atoms with E-state index in [9.17, 15) is 4.79 Å². The number of amides is 2. The van der Waals surface area contributed by atoms with Gasteiger partial charge in [-0.2, -0.15) is 0 Å². The van der Waals surface area contributed by atoms with Gasteiger partial charge >= 0.3 is 6.03 Å². The number of rotatable bonds is 3. The van der Waals surface area contributed by atoms with Crippen molar-refractivity contribution >= 4 is 6.03 Å². The molecule has 2 amide bonds. The Morgan fingerprint density at radius 2 is 2.00 bits per heavy atom. The van der Waals surface area contributed by atoms with Gasteiger partial charge in [0.2, 0.25) is 0 Å². The monoisotopic (exact) mass is 228 g/mol. The van der Waals surface area contributed by atoms with Crippen molar-refractivity contribution in [3.63, 3.8) is 0 Å². The van der Waals surface area contributed by atoms with Gasteiger partial charge in [0.15, 0.2) is 0 Å². The molecule has 0 aromatic rings. The minimum Gasteiger partial charge on any atom is -0.377 e. The first-order valence-corrected chi connectivity index (χ1v) is 6.02. The molecule has 16 heavy (non-hydrogen) atoms. The number of methoxy groups -OCH3 is 1. The molecule has 1 rings (SSSR count). The van der Waals surface area contributed by atoms with Gasteiger partial charge in [0.25, 0.3) is 0 Å². The number of carbonyl (C=O) groups is 1. The summed E-state index contributed by atoms with van der Waals surface area (Å²) in [4.78, 5) is 13.7. The highest BCUT2D eigenvalue weighted by Gasteiger charge is 2.22. The molecule has 0 spiro atoms. The van der Waals surface area contributed by atoms with Crippen molar-refractivity contribution < 1.29 is 9.53 Å². The summed E-state index contributed by atoms with van der Waals surface area (Å²) in [6.07, 6.45) is 2.22. The minimum absolute atomic E-state index is 0.0389. The first kappa shape index (κ1) is 13.3. The van der Waals surface area contributed by atoms with E-state index >= 15 is 0 Å². The van der Waals surface area contributed by atoms with Crippen LogP contribution in [0.25, 0.3) is 0 Å².